The van der Waals surface area contributed by atoms with Gasteiger partial charge in [-0.15, -0.1) is 12.4 Å². The third kappa shape index (κ3) is 2.73. The maximum absolute atomic E-state index is 9.79. The summed E-state index contributed by atoms with van der Waals surface area (Å²) < 4.78 is 0. The van der Waals surface area contributed by atoms with Crippen LogP contribution in [0.15, 0.2) is 60.7 Å². The Bertz CT molecular complexity index is 492. The summed E-state index contributed by atoms with van der Waals surface area (Å²) in [6, 6.07) is 21.5. The molecule has 1 aliphatic heterocycles. The number of halogens is 1. The quantitative estimate of drug-likeness (QED) is 0.937. The second kappa shape index (κ2) is 6.40. The summed E-state index contributed by atoms with van der Waals surface area (Å²) in [7, 11) is 0. The van der Waals surface area contributed by atoms with E-state index in [1.54, 1.807) is 0 Å². The number of benzene rings is 2. The molecule has 0 amide bonds. The van der Waals surface area contributed by atoms with Crippen LogP contribution in [0.3, 0.4) is 0 Å². The molecule has 1 N–H and O–H groups in total. The van der Waals surface area contributed by atoms with Crippen molar-refractivity contribution in [1.82, 2.24) is 4.90 Å². The number of aliphatic hydroxyl groups is 1. The van der Waals surface area contributed by atoms with Gasteiger partial charge in [-0.05, 0) is 18.1 Å². The van der Waals surface area contributed by atoms with E-state index >= 15 is 0 Å². The molecule has 0 saturated carbocycles. The molecule has 106 valence electrons. The van der Waals surface area contributed by atoms with Gasteiger partial charge in [0, 0.05) is 12.6 Å². The molecule has 0 aromatic heterocycles. The molecule has 20 heavy (non-hydrogen) atoms. The van der Waals surface area contributed by atoms with Gasteiger partial charge in [0.2, 0.25) is 0 Å². The van der Waals surface area contributed by atoms with E-state index in [2.05, 4.69) is 60.4 Å². The van der Waals surface area contributed by atoms with Crippen LogP contribution < -0.4 is 0 Å². The average Bonchev–Trinajstić information content (AvgIpc) is 2.49. The summed E-state index contributed by atoms with van der Waals surface area (Å²) in [5.41, 5.74) is 2.57. The van der Waals surface area contributed by atoms with Crippen molar-refractivity contribution in [2.45, 2.75) is 25.1 Å². The fraction of sp³-hybridized carbons (Fsp3) is 0.294. The van der Waals surface area contributed by atoms with Crippen molar-refractivity contribution in [2.24, 2.45) is 0 Å². The Labute approximate surface area is 126 Å². The summed E-state index contributed by atoms with van der Waals surface area (Å²) in [5.74, 6) is 0. The smallest absolute Gasteiger partial charge is 0.0820 e. The lowest BCUT2D eigenvalue weighted by Crippen LogP contribution is -2.59. The van der Waals surface area contributed by atoms with E-state index in [9.17, 15) is 5.11 Å². The summed E-state index contributed by atoms with van der Waals surface area (Å²) >= 11 is 0. The first-order valence-corrected chi connectivity index (χ1v) is 6.81. The minimum absolute atomic E-state index is 0. The summed E-state index contributed by atoms with van der Waals surface area (Å²) in [5, 5.41) is 9.79. The Hall–Kier alpha value is -1.35. The van der Waals surface area contributed by atoms with Crippen LogP contribution in [0.25, 0.3) is 0 Å². The first-order chi connectivity index (χ1) is 9.27. The van der Waals surface area contributed by atoms with Gasteiger partial charge in [-0.2, -0.15) is 0 Å². The maximum atomic E-state index is 9.79. The van der Waals surface area contributed by atoms with Crippen molar-refractivity contribution >= 4 is 12.4 Å². The van der Waals surface area contributed by atoms with Crippen molar-refractivity contribution in [3.8, 4) is 0 Å². The molecule has 2 aromatic rings. The van der Waals surface area contributed by atoms with Gasteiger partial charge in [-0.3, -0.25) is 4.90 Å². The van der Waals surface area contributed by atoms with Gasteiger partial charge < -0.3 is 5.11 Å². The summed E-state index contributed by atoms with van der Waals surface area (Å²) in [6.07, 6.45) is -0.199. The van der Waals surface area contributed by atoms with Gasteiger partial charge in [-0.1, -0.05) is 60.7 Å². The SMILES string of the molecule is CC1C(O)CN1C(c1ccccc1)c1ccccc1.Cl. The minimum atomic E-state index is -0.199. The van der Waals surface area contributed by atoms with Gasteiger partial charge in [0.05, 0.1) is 12.1 Å². The lowest BCUT2D eigenvalue weighted by Gasteiger charge is -2.48. The van der Waals surface area contributed by atoms with E-state index in [4.69, 9.17) is 0 Å². The molecule has 2 unspecified atom stereocenters. The van der Waals surface area contributed by atoms with E-state index in [1.807, 2.05) is 12.1 Å². The fourth-order valence-electron chi connectivity index (χ4n) is 2.80. The van der Waals surface area contributed by atoms with Crippen molar-refractivity contribution in [2.75, 3.05) is 6.54 Å². The van der Waals surface area contributed by atoms with Gasteiger partial charge in [-0.25, -0.2) is 0 Å². The molecule has 1 saturated heterocycles. The Kier molecular flexibility index (Phi) is 4.81. The molecule has 1 fully saturated rings. The number of rotatable bonds is 3. The van der Waals surface area contributed by atoms with Gasteiger partial charge >= 0.3 is 0 Å². The Balaban J connectivity index is 0.00000147. The first kappa shape index (κ1) is 15.0. The van der Waals surface area contributed by atoms with Crippen LogP contribution in [0.5, 0.6) is 0 Å². The maximum Gasteiger partial charge on any atom is 0.0820 e. The number of nitrogens with zero attached hydrogens (tertiary/aromatic N) is 1. The molecule has 2 nitrogen and oxygen atoms in total. The van der Waals surface area contributed by atoms with Crippen molar-refractivity contribution in [1.29, 1.82) is 0 Å². The zero-order chi connectivity index (χ0) is 13.2. The van der Waals surface area contributed by atoms with Gasteiger partial charge in [0.25, 0.3) is 0 Å². The highest BCUT2D eigenvalue weighted by Gasteiger charge is 2.39. The van der Waals surface area contributed by atoms with E-state index in [0.717, 1.165) is 6.54 Å². The number of hydrogen-bond acceptors (Lipinski definition) is 2. The van der Waals surface area contributed by atoms with Gasteiger partial charge in [0.1, 0.15) is 0 Å². The number of β-amino-alcohol motifs (C(OH)–C–C–N with tert-alkyl or cyclic N) is 1. The third-order valence-corrected chi connectivity index (χ3v) is 4.04. The molecule has 3 rings (SSSR count). The van der Waals surface area contributed by atoms with Crippen LogP contribution in [0.2, 0.25) is 0 Å². The van der Waals surface area contributed by atoms with Crippen LogP contribution in [0.4, 0.5) is 0 Å². The highest BCUT2D eigenvalue weighted by Crippen LogP contribution is 2.35. The minimum Gasteiger partial charge on any atom is -0.390 e. The molecule has 2 aromatic carbocycles. The predicted molar refractivity (Wildman–Crippen MR) is 84.1 cm³/mol. The number of aliphatic hydroxyl groups excluding tert-OH is 1. The number of hydrogen-bond donors (Lipinski definition) is 1. The molecule has 0 radical (unpaired) electrons. The molecular formula is C17H20ClNO. The molecule has 1 heterocycles. The molecule has 0 spiro atoms. The van der Waals surface area contributed by atoms with E-state index < -0.39 is 0 Å². The topological polar surface area (TPSA) is 23.5 Å². The zero-order valence-corrected chi connectivity index (χ0v) is 12.3. The van der Waals surface area contributed by atoms with Crippen molar-refractivity contribution < 1.29 is 5.11 Å². The monoisotopic (exact) mass is 289 g/mol. The van der Waals surface area contributed by atoms with Crippen LogP contribution in [0.1, 0.15) is 24.1 Å². The Morgan fingerprint density at radius 3 is 1.75 bits per heavy atom. The summed E-state index contributed by atoms with van der Waals surface area (Å²) in [4.78, 5) is 2.36. The average molecular weight is 290 g/mol. The van der Waals surface area contributed by atoms with Crippen molar-refractivity contribution in [3.63, 3.8) is 0 Å². The normalized spacial score (nSPS) is 22.1. The zero-order valence-electron chi connectivity index (χ0n) is 11.5. The second-order valence-corrected chi connectivity index (χ2v) is 5.23. The third-order valence-electron chi connectivity index (χ3n) is 4.04. The van der Waals surface area contributed by atoms with Gasteiger partial charge in [0.15, 0.2) is 0 Å². The first-order valence-electron chi connectivity index (χ1n) is 6.81. The molecule has 3 heteroatoms. The highest BCUT2D eigenvalue weighted by atomic mass is 35.5. The van der Waals surface area contributed by atoms with Crippen molar-refractivity contribution in [3.05, 3.63) is 71.8 Å². The van der Waals surface area contributed by atoms with E-state index in [1.165, 1.54) is 11.1 Å². The van der Waals surface area contributed by atoms with Crippen LogP contribution >= 0.6 is 12.4 Å². The molecule has 0 aliphatic carbocycles. The fourth-order valence-corrected chi connectivity index (χ4v) is 2.80. The van der Waals surface area contributed by atoms with Crippen LogP contribution in [-0.2, 0) is 0 Å². The molecular weight excluding hydrogens is 270 g/mol. The highest BCUT2D eigenvalue weighted by molar-refractivity contribution is 5.85. The predicted octanol–water partition coefficient (Wildman–Crippen LogP) is 3.26. The number of likely N-dealkylation sites (tertiary alicyclic amines) is 1. The molecule has 1 aliphatic rings. The lowest BCUT2D eigenvalue weighted by molar-refractivity contribution is -0.0693. The van der Waals surface area contributed by atoms with E-state index in [-0.39, 0.29) is 30.6 Å². The Morgan fingerprint density at radius 1 is 0.950 bits per heavy atom. The van der Waals surface area contributed by atoms with Crippen LogP contribution in [-0.4, -0.2) is 28.7 Å². The summed E-state index contributed by atoms with van der Waals surface area (Å²) in [6.45, 7) is 2.84. The lowest BCUT2D eigenvalue weighted by atomic mass is 9.90. The van der Waals surface area contributed by atoms with E-state index in [0.29, 0.717) is 0 Å². The molecule has 0 bridgehead atoms. The largest absolute Gasteiger partial charge is 0.390 e. The second-order valence-electron chi connectivity index (χ2n) is 5.23. The Morgan fingerprint density at radius 2 is 1.40 bits per heavy atom. The standard InChI is InChI=1S/C17H19NO.ClH/c1-13-16(19)12-18(13)17(14-8-4-2-5-9-14)15-10-6-3-7-11-15;/h2-11,13,16-17,19H,12H2,1H3;1H. The molecule has 2 atom stereocenters. The van der Waals surface area contributed by atoms with Crippen LogP contribution in [0, 0.1) is 0 Å².